The van der Waals surface area contributed by atoms with Crippen molar-refractivity contribution in [2.24, 2.45) is 0 Å². The minimum absolute atomic E-state index is 0.00461. The van der Waals surface area contributed by atoms with Gasteiger partial charge in [-0.3, -0.25) is 19.8 Å². The minimum atomic E-state index is -0.679. The van der Waals surface area contributed by atoms with Crippen molar-refractivity contribution in [1.82, 2.24) is 9.80 Å². The standard InChI is InChI=1S/C20H26ClN5O3/c1-23(20(15-22)7-3-2-4-8-20)19(27)14-24-9-11-25(12-10-24)17-6-5-16(21)13-18(17)26(28)29/h5-6,13H,2-4,7-12,14H2,1H3. The number of nitro groups is 1. The van der Waals surface area contributed by atoms with Crippen LogP contribution >= 0.6 is 11.6 Å². The van der Waals surface area contributed by atoms with Crippen LogP contribution in [0.5, 0.6) is 0 Å². The Labute approximate surface area is 175 Å². The molecular weight excluding hydrogens is 394 g/mol. The maximum absolute atomic E-state index is 12.8. The number of rotatable bonds is 5. The average molecular weight is 420 g/mol. The SMILES string of the molecule is CN(C(=O)CN1CCN(c2ccc(Cl)cc2[N+](=O)[O-])CC1)C1(C#N)CCCCC1. The molecule has 0 atom stereocenters. The highest BCUT2D eigenvalue weighted by Gasteiger charge is 2.39. The number of likely N-dealkylation sites (N-methyl/N-ethyl adjacent to an activating group) is 1. The Morgan fingerprint density at radius 3 is 2.52 bits per heavy atom. The predicted molar refractivity (Wildman–Crippen MR) is 111 cm³/mol. The molecule has 1 aromatic carbocycles. The summed E-state index contributed by atoms with van der Waals surface area (Å²) in [5.41, 5.74) is -0.135. The molecular formula is C20H26ClN5O3. The second-order valence-corrected chi connectivity index (χ2v) is 8.25. The van der Waals surface area contributed by atoms with Gasteiger partial charge in [0.15, 0.2) is 0 Å². The van der Waals surface area contributed by atoms with Gasteiger partial charge in [0.05, 0.1) is 17.5 Å². The summed E-state index contributed by atoms with van der Waals surface area (Å²) in [4.78, 5) is 29.4. The molecule has 1 saturated heterocycles. The van der Waals surface area contributed by atoms with Gasteiger partial charge in [0.2, 0.25) is 5.91 Å². The highest BCUT2D eigenvalue weighted by molar-refractivity contribution is 6.30. The summed E-state index contributed by atoms with van der Waals surface area (Å²) < 4.78 is 0. The first kappa shape index (κ1) is 21.3. The summed E-state index contributed by atoms with van der Waals surface area (Å²) in [6.07, 6.45) is 4.54. The first-order chi connectivity index (χ1) is 13.9. The van der Waals surface area contributed by atoms with Crippen LogP contribution in [0, 0.1) is 21.4 Å². The van der Waals surface area contributed by atoms with Crippen LogP contribution in [0.4, 0.5) is 11.4 Å². The molecule has 1 aliphatic carbocycles. The topological polar surface area (TPSA) is 93.7 Å². The van der Waals surface area contributed by atoms with Crippen LogP contribution in [0.15, 0.2) is 18.2 Å². The van der Waals surface area contributed by atoms with E-state index in [4.69, 9.17) is 11.6 Å². The first-order valence-electron chi connectivity index (χ1n) is 9.95. The molecule has 2 aliphatic rings. The van der Waals surface area contributed by atoms with Crippen LogP contribution in [0.3, 0.4) is 0 Å². The second-order valence-electron chi connectivity index (χ2n) is 7.81. The van der Waals surface area contributed by atoms with Crippen LogP contribution < -0.4 is 4.90 Å². The van der Waals surface area contributed by atoms with E-state index in [0.717, 1.165) is 32.1 Å². The van der Waals surface area contributed by atoms with Crippen LogP contribution in [0.1, 0.15) is 32.1 Å². The lowest BCUT2D eigenvalue weighted by molar-refractivity contribution is -0.384. The molecule has 0 radical (unpaired) electrons. The molecule has 1 aliphatic heterocycles. The van der Waals surface area contributed by atoms with E-state index in [2.05, 4.69) is 6.07 Å². The van der Waals surface area contributed by atoms with Crippen molar-refractivity contribution in [3.63, 3.8) is 0 Å². The lowest BCUT2D eigenvalue weighted by atomic mass is 9.81. The van der Waals surface area contributed by atoms with Gasteiger partial charge in [-0.05, 0) is 25.0 Å². The van der Waals surface area contributed by atoms with Crippen molar-refractivity contribution in [2.75, 3.05) is 44.7 Å². The van der Waals surface area contributed by atoms with Crippen molar-refractivity contribution >= 4 is 28.9 Å². The third kappa shape index (κ3) is 4.62. The number of halogens is 1. The molecule has 1 amide bonds. The van der Waals surface area contributed by atoms with E-state index in [1.807, 2.05) is 9.80 Å². The van der Waals surface area contributed by atoms with Gasteiger partial charge in [-0.2, -0.15) is 5.26 Å². The average Bonchev–Trinajstić information content (AvgIpc) is 2.74. The molecule has 9 heteroatoms. The summed E-state index contributed by atoms with van der Waals surface area (Å²) in [6.45, 7) is 2.68. The number of carbonyl (C=O) groups is 1. The fraction of sp³-hybridized carbons (Fsp3) is 0.600. The third-order valence-electron chi connectivity index (χ3n) is 6.11. The van der Waals surface area contributed by atoms with Gasteiger partial charge in [-0.1, -0.05) is 30.9 Å². The Morgan fingerprint density at radius 1 is 1.28 bits per heavy atom. The number of nitrogens with zero attached hydrogens (tertiary/aromatic N) is 5. The Bertz CT molecular complexity index is 811. The van der Waals surface area contributed by atoms with Crippen molar-refractivity contribution in [2.45, 2.75) is 37.6 Å². The third-order valence-corrected chi connectivity index (χ3v) is 6.35. The van der Waals surface area contributed by atoms with E-state index in [-0.39, 0.29) is 18.1 Å². The molecule has 2 fully saturated rings. The predicted octanol–water partition coefficient (Wildman–Crippen LogP) is 3.06. The number of piperazine rings is 1. The highest BCUT2D eigenvalue weighted by atomic mass is 35.5. The van der Waals surface area contributed by atoms with Gasteiger partial charge in [-0.25, -0.2) is 0 Å². The largest absolute Gasteiger partial charge is 0.363 e. The molecule has 1 heterocycles. The van der Waals surface area contributed by atoms with Gasteiger partial charge in [-0.15, -0.1) is 0 Å². The molecule has 1 aromatic rings. The molecule has 3 rings (SSSR count). The lowest BCUT2D eigenvalue weighted by Crippen LogP contribution is -2.55. The summed E-state index contributed by atoms with van der Waals surface area (Å²) in [5, 5.41) is 21.4. The maximum atomic E-state index is 12.8. The summed E-state index contributed by atoms with van der Waals surface area (Å²) in [7, 11) is 1.74. The zero-order valence-electron chi connectivity index (χ0n) is 16.6. The summed E-state index contributed by atoms with van der Waals surface area (Å²) >= 11 is 5.90. The Kier molecular flexibility index (Phi) is 6.60. The summed E-state index contributed by atoms with van der Waals surface area (Å²) in [5.74, 6) is -0.0422. The van der Waals surface area contributed by atoms with E-state index in [9.17, 15) is 20.2 Å². The van der Waals surface area contributed by atoms with E-state index >= 15 is 0 Å². The van der Waals surface area contributed by atoms with Crippen LogP contribution in [-0.2, 0) is 4.79 Å². The second kappa shape index (κ2) is 8.97. The zero-order valence-corrected chi connectivity index (χ0v) is 17.4. The Balaban J connectivity index is 1.60. The fourth-order valence-electron chi connectivity index (χ4n) is 4.25. The number of hydrogen-bond acceptors (Lipinski definition) is 6. The van der Waals surface area contributed by atoms with E-state index in [0.29, 0.717) is 36.9 Å². The Morgan fingerprint density at radius 2 is 1.93 bits per heavy atom. The number of nitriles is 1. The quantitative estimate of drug-likeness (QED) is 0.537. The number of carbonyl (C=O) groups excluding carboxylic acids is 1. The van der Waals surface area contributed by atoms with Crippen molar-refractivity contribution in [1.29, 1.82) is 5.26 Å². The number of hydrogen-bond donors (Lipinski definition) is 0. The van der Waals surface area contributed by atoms with Crippen LogP contribution in [0.2, 0.25) is 5.02 Å². The fourth-order valence-corrected chi connectivity index (χ4v) is 4.42. The Hall–Kier alpha value is -2.37. The van der Waals surface area contributed by atoms with Gasteiger partial charge in [0.25, 0.3) is 5.69 Å². The normalized spacial score (nSPS) is 19.4. The lowest BCUT2D eigenvalue weighted by Gasteiger charge is -2.41. The molecule has 8 nitrogen and oxygen atoms in total. The molecule has 0 N–H and O–H groups in total. The molecule has 0 bridgehead atoms. The first-order valence-corrected chi connectivity index (χ1v) is 10.3. The highest BCUT2D eigenvalue weighted by Crippen LogP contribution is 2.33. The van der Waals surface area contributed by atoms with Gasteiger partial charge in [0, 0.05) is 44.3 Å². The summed E-state index contributed by atoms with van der Waals surface area (Å²) in [6, 6.07) is 7.09. The molecule has 0 unspecified atom stereocenters. The monoisotopic (exact) mass is 419 g/mol. The molecule has 0 spiro atoms. The maximum Gasteiger partial charge on any atom is 0.294 e. The number of benzene rings is 1. The number of amides is 1. The smallest absolute Gasteiger partial charge is 0.294 e. The van der Waals surface area contributed by atoms with Gasteiger partial charge >= 0.3 is 0 Å². The van der Waals surface area contributed by atoms with Gasteiger partial charge < -0.3 is 9.80 Å². The van der Waals surface area contributed by atoms with Crippen molar-refractivity contribution in [3.8, 4) is 6.07 Å². The van der Waals surface area contributed by atoms with Crippen molar-refractivity contribution in [3.05, 3.63) is 33.3 Å². The molecule has 29 heavy (non-hydrogen) atoms. The zero-order chi connectivity index (χ0) is 21.0. The number of nitro benzene ring substituents is 1. The minimum Gasteiger partial charge on any atom is -0.363 e. The number of anilines is 1. The van der Waals surface area contributed by atoms with Gasteiger partial charge in [0.1, 0.15) is 11.2 Å². The van der Waals surface area contributed by atoms with Crippen molar-refractivity contribution < 1.29 is 9.72 Å². The van der Waals surface area contributed by atoms with E-state index < -0.39 is 10.5 Å². The molecule has 1 saturated carbocycles. The molecule has 0 aromatic heterocycles. The van der Waals surface area contributed by atoms with Crippen LogP contribution in [0.25, 0.3) is 0 Å². The molecule has 156 valence electrons. The van der Waals surface area contributed by atoms with E-state index in [1.165, 1.54) is 6.07 Å². The van der Waals surface area contributed by atoms with E-state index in [1.54, 1.807) is 24.1 Å². The van der Waals surface area contributed by atoms with Crippen LogP contribution in [-0.4, -0.2) is 65.9 Å².